The van der Waals surface area contributed by atoms with E-state index in [0.29, 0.717) is 5.78 Å². The van der Waals surface area contributed by atoms with E-state index in [1.165, 1.54) is 5.57 Å². The standard InChI is InChI=1S/C12H14O/c1-3-12(4-2,10-7-8-10)11(13)9-5-6-9/h5-8H,3-4H2,1-2H3. The number of Topliss-reactive ketones (excluding diaryl/α,β-unsaturated/α-hetero) is 1. The minimum atomic E-state index is -0.196. The maximum absolute atomic E-state index is 12.0. The van der Waals surface area contributed by atoms with Gasteiger partial charge >= 0.3 is 0 Å². The molecule has 0 N–H and O–H groups in total. The molecule has 0 saturated heterocycles. The zero-order valence-corrected chi connectivity index (χ0v) is 8.13. The van der Waals surface area contributed by atoms with Gasteiger partial charge in [-0.05, 0) is 12.8 Å². The van der Waals surface area contributed by atoms with Gasteiger partial charge in [0.15, 0.2) is 5.78 Å². The average molecular weight is 174 g/mol. The normalized spacial score (nSPS) is 19.2. The molecule has 2 radical (unpaired) electrons. The van der Waals surface area contributed by atoms with Crippen LogP contribution < -0.4 is 0 Å². The Balaban J connectivity index is 2.24. The number of hydrogen-bond donors (Lipinski definition) is 0. The maximum Gasteiger partial charge on any atom is 0.169 e. The summed E-state index contributed by atoms with van der Waals surface area (Å²) in [5.41, 5.74) is 1.97. The number of carbonyl (C=O) groups is 1. The van der Waals surface area contributed by atoms with Crippen molar-refractivity contribution in [1.82, 2.24) is 0 Å². The SMILES string of the molecule is CCC(CC)(C(=O)C1=C[CH]1)C1=C[CH]1. The molecule has 0 unspecified atom stereocenters. The molecular weight excluding hydrogens is 160 g/mol. The van der Waals surface area contributed by atoms with Crippen LogP contribution in [-0.2, 0) is 4.79 Å². The van der Waals surface area contributed by atoms with Crippen LogP contribution >= 0.6 is 0 Å². The van der Waals surface area contributed by atoms with Crippen molar-refractivity contribution < 1.29 is 4.79 Å². The fourth-order valence-corrected chi connectivity index (χ4v) is 1.94. The lowest BCUT2D eigenvalue weighted by atomic mass is 9.74. The Labute approximate surface area is 79.5 Å². The van der Waals surface area contributed by atoms with Crippen LogP contribution in [0, 0.1) is 18.3 Å². The fourth-order valence-electron chi connectivity index (χ4n) is 1.94. The van der Waals surface area contributed by atoms with Crippen molar-refractivity contribution in [3.63, 3.8) is 0 Å². The summed E-state index contributed by atoms with van der Waals surface area (Å²) in [5, 5.41) is 0. The maximum atomic E-state index is 12.0. The summed E-state index contributed by atoms with van der Waals surface area (Å²) in [4.78, 5) is 12.0. The van der Waals surface area contributed by atoms with Gasteiger partial charge in [0.05, 0.1) is 5.41 Å². The Morgan fingerprint density at radius 2 is 1.77 bits per heavy atom. The number of allylic oxidation sites excluding steroid dienone is 4. The summed E-state index contributed by atoms with van der Waals surface area (Å²) in [6.07, 6.45) is 9.77. The highest BCUT2D eigenvalue weighted by molar-refractivity contribution is 6.08. The number of hydrogen-bond acceptors (Lipinski definition) is 1. The van der Waals surface area contributed by atoms with Crippen molar-refractivity contribution in [3.05, 3.63) is 36.1 Å². The number of rotatable bonds is 5. The lowest BCUT2D eigenvalue weighted by molar-refractivity contribution is -0.122. The van der Waals surface area contributed by atoms with E-state index in [2.05, 4.69) is 26.3 Å². The second-order valence-electron chi connectivity index (χ2n) is 3.70. The van der Waals surface area contributed by atoms with Gasteiger partial charge in [-0.15, -0.1) is 0 Å². The molecule has 2 aliphatic carbocycles. The van der Waals surface area contributed by atoms with Gasteiger partial charge in [-0.2, -0.15) is 0 Å². The first-order valence-corrected chi connectivity index (χ1v) is 4.90. The first-order chi connectivity index (χ1) is 6.24. The van der Waals surface area contributed by atoms with Crippen molar-refractivity contribution in [2.75, 3.05) is 0 Å². The van der Waals surface area contributed by atoms with E-state index in [0.717, 1.165) is 18.4 Å². The van der Waals surface area contributed by atoms with Gasteiger partial charge < -0.3 is 0 Å². The van der Waals surface area contributed by atoms with E-state index in [1.807, 2.05) is 12.5 Å². The third kappa shape index (κ3) is 1.27. The zero-order chi connectivity index (χ0) is 9.47. The minimum absolute atomic E-state index is 0.196. The Morgan fingerprint density at radius 1 is 1.23 bits per heavy atom. The Kier molecular flexibility index (Phi) is 1.90. The summed E-state index contributed by atoms with van der Waals surface area (Å²) in [5.74, 6) is 0.317. The van der Waals surface area contributed by atoms with E-state index in [9.17, 15) is 4.79 Å². The molecule has 0 bridgehead atoms. The molecular formula is C12H14O. The largest absolute Gasteiger partial charge is 0.294 e. The first kappa shape index (κ1) is 8.74. The molecule has 0 amide bonds. The lowest BCUT2D eigenvalue weighted by Gasteiger charge is -2.27. The van der Waals surface area contributed by atoms with Crippen LogP contribution in [0.5, 0.6) is 0 Å². The van der Waals surface area contributed by atoms with Crippen molar-refractivity contribution in [2.24, 2.45) is 5.41 Å². The van der Waals surface area contributed by atoms with Gasteiger partial charge in [0, 0.05) is 18.4 Å². The molecule has 68 valence electrons. The minimum Gasteiger partial charge on any atom is -0.294 e. The number of carbonyl (C=O) groups excluding carboxylic acids is 1. The Bertz CT molecular complexity index is 303. The molecule has 0 aromatic rings. The molecule has 2 aliphatic rings. The van der Waals surface area contributed by atoms with Crippen molar-refractivity contribution >= 4 is 5.78 Å². The topological polar surface area (TPSA) is 17.1 Å². The van der Waals surface area contributed by atoms with Crippen molar-refractivity contribution in [2.45, 2.75) is 26.7 Å². The van der Waals surface area contributed by atoms with Crippen LogP contribution in [0.15, 0.2) is 23.3 Å². The van der Waals surface area contributed by atoms with Crippen LogP contribution in [0.1, 0.15) is 26.7 Å². The quantitative estimate of drug-likeness (QED) is 0.626. The second-order valence-corrected chi connectivity index (χ2v) is 3.70. The van der Waals surface area contributed by atoms with Gasteiger partial charge in [0.2, 0.25) is 0 Å². The third-order valence-electron chi connectivity index (χ3n) is 3.12. The van der Waals surface area contributed by atoms with E-state index < -0.39 is 0 Å². The summed E-state index contributed by atoms with van der Waals surface area (Å²) in [7, 11) is 0. The van der Waals surface area contributed by atoms with Crippen LogP contribution in [0.2, 0.25) is 0 Å². The molecule has 0 aromatic heterocycles. The molecule has 0 heterocycles. The summed E-state index contributed by atoms with van der Waals surface area (Å²) in [6, 6.07) is 0. The van der Waals surface area contributed by atoms with E-state index in [1.54, 1.807) is 0 Å². The number of ketones is 1. The summed E-state index contributed by atoms with van der Waals surface area (Å²) in [6.45, 7) is 4.19. The molecule has 0 spiro atoms. The molecule has 13 heavy (non-hydrogen) atoms. The van der Waals surface area contributed by atoms with Gasteiger partial charge in [0.25, 0.3) is 0 Å². The fraction of sp³-hybridized carbons (Fsp3) is 0.417. The van der Waals surface area contributed by atoms with E-state index >= 15 is 0 Å². The van der Waals surface area contributed by atoms with Gasteiger partial charge in [-0.25, -0.2) is 0 Å². The van der Waals surface area contributed by atoms with Crippen LogP contribution in [-0.4, -0.2) is 5.78 Å². The highest BCUT2D eigenvalue weighted by Crippen LogP contribution is 2.47. The van der Waals surface area contributed by atoms with Crippen molar-refractivity contribution in [3.8, 4) is 0 Å². The molecule has 0 aromatic carbocycles. The average Bonchev–Trinajstić information content (AvgIpc) is 3.01. The van der Waals surface area contributed by atoms with Gasteiger partial charge in [-0.3, -0.25) is 4.79 Å². The van der Waals surface area contributed by atoms with Crippen LogP contribution in [0.3, 0.4) is 0 Å². The third-order valence-corrected chi connectivity index (χ3v) is 3.12. The first-order valence-electron chi connectivity index (χ1n) is 4.90. The highest BCUT2D eigenvalue weighted by atomic mass is 16.1. The van der Waals surface area contributed by atoms with E-state index in [-0.39, 0.29) is 5.41 Å². The molecule has 0 fully saturated rings. The van der Waals surface area contributed by atoms with Crippen molar-refractivity contribution in [1.29, 1.82) is 0 Å². The summed E-state index contributed by atoms with van der Waals surface area (Å²) < 4.78 is 0. The molecule has 0 aliphatic heterocycles. The summed E-state index contributed by atoms with van der Waals surface area (Å²) >= 11 is 0. The molecule has 1 heteroatoms. The Morgan fingerprint density at radius 3 is 2.08 bits per heavy atom. The zero-order valence-electron chi connectivity index (χ0n) is 8.13. The predicted octanol–water partition coefficient (Wildman–Crippen LogP) is 2.65. The van der Waals surface area contributed by atoms with Gasteiger partial charge in [-0.1, -0.05) is 31.6 Å². The van der Waals surface area contributed by atoms with Crippen LogP contribution in [0.25, 0.3) is 0 Å². The van der Waals surface area contributed by atoms with Gasteiger partial charge in [0.1, 0.15) is 0 Å². The van der Waals surface area contributed by atoms with Crippen LogP contribution in [0.4, 0.5) is 0 Å². The molecule has 0 saturated carbocycles. The van der Waals surface area contributed by atoms with E-state index in [4.69, 9.17) is 0 Å². The highest BCUT2D eigenvalue weighted by Gasteiger charge is 2.44. The molecule has 2 rings (SSSR count). The smallest absolute Gasteiger partial charge is 0.169 e. The molecule has 1 nitrogen and oxygen atoms in total. The lowest BCUT2D eigenvalue weighted by Crippen LogP contribution is -2.28. The predicted molar refractivity (Wildman–Crippen MR) is 52.8 cm³/mol. The monoisotopic (exact) mass is 174 g/mol. The molecule has 0 atom stereocenters. The second kappa shape index (κ2) is 2.83. The Hall–Kier alpha value is -0.850.